The van der Waals surface area contributed by atoms with Crippen LogP contribution in [0.25, 0.3) is 0 Å². The highest BCUT2D eigenvalue weighted by molar-refractivity contribution is 7.46. The van der Waals surface area contributed by atoms with Crippen LogP contribution in [0.5, 0.6) is 0 Å². The van der Waals surface area contributed by atoms with Gasteiger partial charge < -0.3 is 20.2 Å². The van der Waals surface area contributed by atoms with E-state index in [0.717, 1.165) is 38.5 Å². The zero-order valence-corrected chi connectivity index (χ0v) is 27.6. The molecule has 0 unspecified atom stereocenters. The van der Waals surface area contributed by atoms with Crippen LogP contribution in [0.3, 0.4) is 0 Å². The molecule has 41 heavy (non-hydrogen) atoms. The number of hydrogen-bond acceptors (Lipinski definition) is 4. The number of aliphatic hydroxyl groups excluding tert-OH is 1. The van der Waals surface area contributed by atoms with Crippen molar-refractivity contribution in [1.29, 1.82) is 0 Å². The van der Waals surface area contributed by atoms with Gasteiger partial charge in [-0.2, -0.15) is 0 Å². The third kappa shape index (κ3) is 30.5. The number of hydrogen-bond donors (Lipinski definition) is 4. The normalized spacial score (nSPS) is 13.6. The number of allylic oxidation sites excluding steroid dienone is 1. The summed E-state index contributed by atoms with van der Waals surface area (Å²) in [7, 11) is -4.70. The van der Waals surface area contributed by atoms with Crippen LogP contribution in [-0.2, 0) is 13.9 Å². The lowest BCUT2D eigenvalue weighted by Gasteiger charge is -2.22. The van der Waals surface area contributed by atoms with Crippen LogP contribution in [0, 0.1) is 0 Å². The van der Waals surface area contributed by atoms with Crippen molar-refractivity contribution in [2.45, 2.75) is 187 Å². The van der Waals surface area contributed by atoms with E-state index < -0.39 is 26.6 Å². The fraction of sp³-hybridized carbons (Fsp3) is 0.909. The molecule has 0 saturated carbocycles. The molecule has 0 spiro atoms. The number of nitrogens with one attached hydrogen (secondary N) is 1. The van der Waals surface area contributed by atoms with Crippen LogP contribution < -0.4 is 5.32 Å². The third-order valence-corrected chi connectivity index (χ3v) is 8.23. The molecule has 4 N–H and O–H groups in total. The van der Waals surface area contributed by atoms with Gasteiger partial charge in [-0.15, -0.1) is 0 Å². The maximum Gasteiger partial charge on any atom is 0.469 e. The minimum atomic E-state index is -4.70. The van der Waals surface area contributed by atoms with Crippen LogP contribution >= 0.6 is 7.82 Å². The van der Waals surface area contributed by atoms with Crippen LogP contribution in [0.2, 0.25) is 0 Å². The number of rotatable bonds is 31. The maximum absolute atomic E-state index is 12.5. The fourth-order valence-corrected chi connectivity index (χ4v) is 5.46. The molecule has 0 rings (SSSR count). The second-order valence-corrected chi connectivity index (χ2v) is 13.1. The Morgan fingerprint density at radius 3 is 1.49 bits per heavy atom. The molecule has 1 amide bonds. The Labute approximate surface area is 252 Å². The van der Waals surface area contributed by atoms with E-state index in [-0.39, 0.29) is 5.91 Å². The monoisotopic (exact) mass is 603 g/mol. The quantitative estimate of drug-likeness (QED) is 0.0356. The first-order chi connectivity index (χ1) is 19.8. The minimum Gasteiger partial charge on any atom is -0.387 e. The molecule has 0 heterocycles. The Bertz CT molecular complexity index is 654. The lowest BCUT2D eigenvalue weighted by molar-refractivity contribution is -0.123. The second kappa shape index (κ2) is 29.4. The molecule has 2 atom stereocenters. The van der Waals surface area contributed by atoms with E-state index in [1.54, 1.807) is 6.08 Å². The Morgan fingerprint density at radius 1 is 0.683 bits per heavy atom. The Hall–Kier alpha value is -0.720. The van der Waals surface area contributed by atoms with Crippen LogP contribution in [-0.4, -0.2) is 39.6 Å². The van der Waals surface area contributed by atoms with E-state index in [0.29, 0.717) is 6.42 Å². The molecule has 0 aromatic carbocycles. The number of carbonyl (C=O) groups is 1. The molecule has 0 fully saturated rings. The lowest BCUT2D eigenvalue weighted by Crippen LogP contribution is -2.45. The standard InChI is InChI=1S/C33H66NO6P/c1-3-5-7-9-11-13-15-16-17-19-21-23-25-27-29-33(36)34-31(30-40-41(37,38)39)32(35)28-26-24-22-20-18-14-12-10-8-6-4-2/h26,28,31-32,35H,3-25,27,29-30H2,1-2H3,(H,34,36)(H2,37,38,39)/b28-26+/t31-,32+/m0/s1. The first kappa shape index (κ1) is 40.3. The summed E-state index contributed by atoms with van der Waals surface area (Å²) < 4.78 is 15.8. The van der Waals surface area contributed by atoms with Gasteiger partial charge in [-0.3, -0.25) is 9.32 Å². The molecule has 0 bridgehead atoms. The predicted octanol–water partition coefficient (Wildman–Crippen LogP) is 9.29. The van der Waals surface area contributed by atoms with Crippen LogP contribution in [0.4, 0.5) is 0 Å². The van der Waals surface area contributed by atoms with Crippen molar-refractivity contribution in [3.8, 4) is 0 Å². The Morgan fingerprint density at radius 2 is 1.07 bits per heavy atom. The van der Waals surface area contributed by atoms with E-state index in [1.165, 1.54) is 116 Å². The van der Waals surface area contributed by atoms with Crippen molar-refractivity contribution in [1.82, 2.24) is 5.32 Å². The summed E-state index contributed by atoms with van der Waals surface area (Å²) in [5, 5.41) is 13.3. The van der Waals surface area contributed by atoms with E-state index in [2.05, 4.69) is 23.7 Å². The van der Waals surface area contributed by atoms with Gasteiger partial charge in [-0.25, -0.2) is 4.57 Å². The summed E-state index contributed by atoms with van der Waals surface area (Å²) in [6.45, 7) is 4.04. The van der Waals surface area contributed by atoms with E-state index >= 15 is 0 Å². The zero-order valence-electron chi connectivity index (χ0n) is 26.7. The highest BCUT2D eigenvalue weighted by atomic mass is 31.2. The summed E-state index contributed by atoms with van der Waals surface area (Å²) in [6, 6.07) is -0.902. The van der Waals surface area contributed by atoms with Gasteiger partial charge in [0.05, 0.1) is 18.8 Å². The molecule has 8 heteroatoms. The molecule has 0 radical (unpaired) electrons. The molecule has 0 aliphatic heterocycles. The number of carbonyl (C=O) groups excluding carboxylic acids is 1. The molecular weight excluding hydrogens is 537 g/mol. The summed E-state index contributed by atoms with van der Waals surface area (Å²) in [6.07, 6.45) is 32.2. The van der Waals surface area contributed by atoms with Crippen molar-refractivity contribution in [2.75, 3.05) is 6.61 Å². The molecule has 0 aliphatic rings. The molecule has 0 saturated heterocycles. The molecular formula is C33H66NO6P. The summed E-state index contributed by atoms with van der Waals surface area (Å²) in [4.78, 5) is 30.6. The smallest absolute Gasteiger partial charge is 0.387 e. The van der Waals surface area contributed by atoms with E-state index in [4.69, 9.17) is 9.79 Å². The van der Waals surface area contributed by atoms with Crippen molar-refractivity contribution in [3.05, 3.63) is 12.2 Å². The summed E-state index contributed by atoms with van der Waals surface area (Å²) in [5.41, 5.74) is 0. The van der Waals surface area contributed by atoms with Gasteiger partial charge in [0, 0.05) is 6.42 Å². The van der Waals surface area contributed by atoms with Gasteiger partial charge in [0.25, 0.3) is 0 Å². The first-order valence-corrected chi connectivity index (χ1v) is 18.7. The lowest BCUT2D eigenvalue weighted by atomic mass is 10.0. The average molecular weight is 604 g/mol. The third-order valence-electron chi connectivity index (χ3n) is 7.75. The fourth-order valence-electron chi connectivity index (χ4n) is 5.10. The minimum absolute atomic E-state index is 0.227. The zero-order chi connectivity index (χ0) is 30.4. The number of phosphoric ester groups is 1. The van der Waals surface area contributed by atoms with Gasteiger partial charge in [0.2, 0.25) is 5.91 Å². The molecule has 244 valence electrons. The number of unbranched alkanes of at least 4 members (excludes halogenated alkanes) is 22. The SMILES string of the molecule is CCCCCCCCCCC/C=C/[C@@H](O)[C@H](COP(=O)(O)O)NC(=O)CCCCCCCCCCCCCCCC. The van der Waals surface area contributed by atoms with Crippen LogP contribution in [0.1, 0.15) is 174 Å². The van der Waals surface area contributed by atoms with Crippen LogP contribution in [0.15, 0.2) is 12.2 Å². The van der Waals surface area contributed by atoms with E-state index in [1.807, 2.05) is 6.08 Å². The number of phosphoric acid groups is 1. The topological polar surface area (TPSA) is 116 Å². The highest BCUT2D eigenvalue weighted by Gasteiger charge is 2.24. The van der Waals surface area contributed by atoms with Gasteiger partial charge in [-0.1, -0.05) is 161 Å². The van der Waals surface area contributed by atoms with Gasteiger partial charge in [0.15, 0.2) is 0 Å². The number of aliphatic hydroxyl groups is 1. The number of amides is 1. The largest absolute Gasteiger partial charge is 0.469 e. The van der Waals surface area contributed by atoms with Crippen molar-refractivity contribution in [3.63, 3.8) is 0 Å². The summed E-state index contributed by atoms with van der Waals surface area (Å²) in [5.74, 6) is -0.227. The Kier molecular flexibility index (Phi) is 28.8. The van der Waals surface area contributed by atoms with E-state index in [9.17, 15) is 14.5 Å². The van der Waals surface area contributed by atoms with Crippen molar-refractivity contribution in [2.24, 2.45) is 0 Å². The molecule has 0 aliphatic carbocycles. The van der Waals surface area contributed by atoms with Crippen molar-refractivity contribution < 1.29 is 28.8 Å². The second-order valence-electron chi connectivity index (χ2n) is 11.8. The summed E-state index contributed by atoms with van der Waals surface area (Å²) >= 11 is 0. The van der Waals surface area contributed by atoms with Gasteiger partial charge in [-0.05, 0) is 19.3 Å². The molecule has 7 nitrogen and oxygen atoms in total. The molecule has 0 aromatic heterocycles. The average Bonchev–Trinajstić information content (AvgIpc) is 2.93. The predicted molar refractivity (Wildman–Crippen MR) is 172 cm³/mol. The highest BCUT2D eigenvalue weighted by Crippen LogP contribution is 2.35. The van der Waals surface area contributed by atoms with Gasteiger partial charge in [0.1, 0.15) is 0 Å². The Balaban J connectivity index is 4.06. The van der Waals surface area contributed by atoms with Gasteiger partial charge >= 0.3 is 7.82 Å². The molecule has 0 aromatic rings. The first-order valence-electron chi connectivity index (χ1n) is 17.1. The van der Waals surface area contributed by atoms with Crippen molar-refractivity contribution >= 4 is 13.7 Å². The maximum atomic E-state index is 12.5.